The van der Waals surface area contributed by atoms with Crippen LogP contribution in [0.5, 0.6) is 0 Å². The van der Waals surface area contributed by atoms with Crippen molar-refractivity contribution in [3.8, 4) is 0 Å². The summed E-state index contributed by atoms with van der Waals surface area (Å²) in [5, 5.41) is 3.14. The van der Waals surface area contributed by atoms with Crippen LogP contribution in [0.4, 0.5) is 0 Å². The van der Waals surface area contributed by atoms with Crippen LogP contribution < -0.4 is 5.32 Å². The lowest BCUT2D eigenvalue weighted by atomic mass is 9.46. The van der Waals surface area contributed by atoms with Gasteiger partial charge in [-0.3, -0.25) is 4.79 Å². The Hall–Kier alpha value is -1.58. The highest BCUT2D eigenvalue weighted by Crippen LogP contribution is 2.65. The first-order valence-electron chi connectivity index (χ1n) is 10.5. The van der Waals surface area contributed by atoms with Crippen molar-refractivity contribution in [1.82, 2.24) is 14.9 Å². The molecule has 1 aromatic rings. The number of carbonyl (C=O) groups excluding carboxylic acids is 1. The molecule has 1 N–H and O–H groups in total. The van der Waals surface area contributed by atoms with Gasteiger partial charge in [0.25, 0.3) is 0 Å². The molecule has 1 saturated heterocycles. The zero-order valence-electron chi connectivity index (χ0n) is 16.1. The molecule has 6 atom stereocenters. The van der Waals surface area contributed by atoms with E-state index in [1.165, 1.54) is 37.8 Å². The Bertz CT molecular complexity index is 739. The Morgan fingerprint density at radius 2 is 2.08 bits per heavy atom. The van der Waals surface area contributed by atoms with Gasteiger partial charge < -0.3 is 9.88 Å². The number of rotatable bonds is 1. The third kappa shape index (κ3) is 2.20. The summed E-state index contributed by atoms with van der Waals surface area (Å²) in [5.41, 5.74) is 2.09. The van der Waals surface area contributed by atoms with E-state index in [-0.39, 0.29) is 11.3 Å². The standard InChI is InChI=1S/C22H31N3O/c1-21-9-10-24-20(26)13-15(21)3-4-16-17-5-6-19(25-12-11-23-14-25)22(17,2)8-7-18(16)21/h6,11-12,14-18H,3-5,7-10,13H2,1-2H3,(H,24,26)/t15-,16-,17?,18-,21-,22-/m0/s1. The van der Waals surface area contributed by atoms with E-state index in [2.05, 4.69) is 41.0 Å². The fourth-order valence-corrected chi connectivity index (χ4v) is 7.37. The van der Waals surface area contributed by atoms with Crippen LogP contribution in [0.3, 0.4) is 0 Å². The van der Waals surface area contributed by atoms with E-state index >= 15 is 0 Å². The quantitative estimate of drug-likeness (QED) is 0.826. The number of hydrogen-bond acceptors (Lipinski definition) is 2. The minimum Gasteiger partial charge on any atom is -0.356 e. The third-order valence-corrected chi connectivity index (χ3v) is 8.81. The molecule has 4 nitrogen and oxygen atoms in total. The predicted octanol–water partition coefficient (Wildman–Crippen LogP) is 4.10. The fraction of sp³-hybridized carbons (Fsp3) is 0.727. The lowest BCUT2D eigenvalue weighted by Gasteiger charge is -2.58. The molecule has 140 valence electrons. The number of nitrogens with zero attached hydrogens (tertiary/aromatic N) is 2. The molecule has 4 heteroatoms. The van der Waals surface area contributed by atoms with E-state index in [1.807, 2.05) is 12.5 Å². The molecule has 4 aliphatic rings. The normalized spacial score (nSPS) is 45.0. The molecule has 2 heterocycles. The summed E-state index contributed by atoms with van der Waals surface area (Å²) in [4.78, 5) is 16.4. The Morgan fingerprint density at radius 1 is 1.19 bits per heavy atom. The second-order valence-electron chi connectivity index (χ2n) is 9.71. The van der Waals surface area contributed by atoms with E-state index in [4.69, 9.17) is 0 Å². The topological polar surface area (TPSA) is 46.9 Å². The SMILES string of the molecule is C[C@]12CCNC(=O)C[C@@H]1CC[C@H]1C3CC=C(n4ccnc4)[C@@]3(C)CC[C@@H]12. The van der Waals surface area contributed by atoms with Gasteiger partial charge in [-0.25, -0.2) is 4.98 Å². The van der Waals surface area contributed by atoms with Crippen molar-refractivity contribution in [1.29, 1.82) is 0 Å². The summed E-state index contributed by atoms with van der Waals surface area (Å²) in [6, 6.07) is 0. The molecule has 1 aromatic heterocycles. The number of carbonyl (C=O) groups is 1. The summed E-state index contributed by atoms with van der Waals surface area (Å²) in [7, 11) is 0. The van der Waals surface area contributed by atoms with E-state index in [0.717, 1.165) is 37.1 Å². The Labute approximate surface area is 156 Å². The predicted molar refractivity (Wildman–Crippen MR) is 102 cm³/mol. The van der Waals surface area contributed by atoms with Gasteiger partial charge in [0.1, 0.15) is 0 Å². The van der Waals surface area contributed by atoms with Gasteiger partial charge in [0.15, 0.2) is 0 Å². The van der Waals surface area contributed by atoms with Crippen LogP contribution in [-0.4, -0.2) is 22.0 Å². The number of allylic oxidation sites excluding steroid dienone is 2. The zero-order valence-corrected chi connectivity index (χ0v) is 16.1. The molecule has 1 unspecified atom stereocenters. The first kappa shape index (κ1) is 16.6. The smallest absolute Gasteiger partial charge is 0.220 e. The Morgan fingerprint density at radius 3 is 2.88 bits per heavy atom. The second kappa shape index (κ2) is 5.71. The molecule has 3 fully saturated rings. The highest BCUT2D eigenvalue weighted by molar-refractivity contribution is 5.76. The number of nitrogens with one attached hydrogen (secondary N) is 1. The Balaban J connectivity index is 1.45. The minimum absolute atomic E-state index is 0.280. The number of hydrogen-bond donors (Lipinski definition) is 1. The summed E-state index contributed by atoms with van der Waals surface area (Å²) in [6.45, 7) is 5.88. The van der Waals surface area contributed by atoms with Gasteiger partial charge in [0, 0.05) is 36.5 Å². The summed E-state index contributed by atoms with van der Waals surface area (Å²) < 4.78 is 2.25. The molecular formula is C22H31N3O. The molecule has 0 bridgehead atoms. The minimum atomic E-state index is 0.280. The van der Waals surface area contributed by atoms with Gasteiger partial charge in [-0.15, -0.1) is 0 Å². The van der Waals surface area contributed by atoms with Gasteiger partial charge in [0.05, 0.1) is 6.33 Å². The van der Waals surface area contributed by atoms with Crippen LogP contribution in [0, 0.1) is 34.5 Å². The maximum absolute atomic E-state index is 12.1. The fourth-order valence-electron chi connectivity index (χ4n) is 7.37. The molecule has 0 spiro atoms. The van der Waals surface area contributed by atoms with Gasteiger partial charge in [-0.05, 0) is 67.6 Å². The first-order valence-corrected chi connectivity index (χ1v) is 10.5. The maximum Gasteiger partial charge on any atom is 0.220 e. The second-order valence-corrected chi connectivity index (χ2v) is 9.71. The van der Waals surface area contributed by atoms with Crippen molar-refractivity contribution in [2.24, 2.45) is 34.5 Å². The molecule has 0 radical (unpaired) electrons. The molecule has 2 saturated carbocycles. The largest absolute Gasteiger partial charge is 0.356 e. The average molecular weight is 354 g/mol. The molecule has 1 amide bonds. The number of amides is 1. The lowest BCUT2D eigenvalue weighted by Crippen LogP contribution is -2.51. The summed E-state index contributed by atoms with van der Waals surface area (Å²) in [5.74, 6) is 3.20. The summed E-state index contributed by atoms with van der Waals surface area (Å²) >= 11 is 0. The van der Waals surface area contributed by atoms with Gasteiger partial charge >= 0.3 is 0 Å². The Kier molecular flexibility index (Phi) is 3.64. The number of imidazole rings is 1. The van der Waals surface area contributed by atoms with Crippen molar-refractivity contribution < 1.29 is 4.79 Å². The molecular weight excluding hydrogens is 322 g/mol. The van der Waals surface area contributed by atoms with E-state index in [1.54, 1.807) is 0 Å². The van der Waals surface area contributed by atoms with Crippen molar-refractivity contribution >= 4 is 11.6 Å². The van der Waals surface area contributed by atoms with E-state index < -0.39 is 0 Å². The van der Waals surface area contributed by atoms with Crippen LogP contribution in [-0.2, 0) is 4.79 Å². The van der Waals surface area contributed by atoms with Crippen molar-refractivity contribution in [2.45, 2.75) is 58.8 Å². The van der Waals surface area contributed by atoms with Gasteiger partial charge in [-0.1, -0.05) is 19.9 Å². The van der Waals surface area contributed by atoms with Crippen LogP contribution in [0.1, 0.15) is 58.8 Å². The third-order valence-electron chi connectivity index (χ3n) is 8.81. The lowest BCUT2D eigenvalue weighted by molar-refractivity contribution is -0.124. The first-order chi connectivity index (χ1) is 12.5. The van der Waals surface area contributed by atoms with Gasteiger partial charge in [-0.2, -0.15) is 0 Å². The van der Waals surface area contributed by atoms with Gasteiger partial charge in [0.2, 0.25) is 5.91 Å². The molecule has 1 aliphatic heterocycles. The van der Waals surface area contributed by atoms with E-state index in [0.29, 0.717) is 11.3 Å². The van der Waals surface area contributed by atoms with Crippen LogP contribution in [0.25, 0.3) is 5.70 Å². The van der Waals surface area contributed by atoms with Crippen molar-refractivity contribution in [3.05, 3.63) is 24.8 Å². The average Bonchev–Trinajstić information content (AvgIpc) is 3.20. The highest BCUT2D eigenvalue weighted by atomic mass is 16.1. The van der Waals surface area contributed by atoms with Crippen molar-refractivity contribution in [2.75, 3.05) is 6.54 Å². The number of fused-ring (bicyclic) bond motifs is 5. The molecule has 26 heavy (non-hydrogen) atoms. The van der Waals surface area contributed by atoms with Crippen LogP contribution >= 0.6 is 0 Å². The van der Waals surface area contributed by atoms with Crippen LogP contribution in [0.15, 0.2) is 24.8 Å². The highest BCUT2D eigenvalue weighted by Gasteiger charge is 2.58. The zero-order chi connectivity index (χ0) is 17.9. The maximum atomic E-state index is 12.1. The molecule has 3 aliphatic carbocycles. The van der Waals surface area contributed by atoms with Crippen LogP contribution in [0.2, 0.25) is 0 Å². The molecule has 5 rings (SSSR count). The number of aromatic nitrogens is 2. The van der Waals surface area contributed by atoms with Crippen molar-refractivity contribution in [3.63, 3.8) is 0 Å². The van der Waals surface area contributed by atoms with E-state index in [9.17, 15) is 4.79 Å². The molecule has 0 aromatic carbocycles. The monoisotopic (exact) mass is 353 g/mol. The summed E-state index contributed by atoms with van der Waals surface area (Å²) in [6.07, 6.45) is 16.7.